The van der Waals surface area contributed by atoms with Gasteiger partial charge in [0, 0.05) is 83.2 Å². The molecule has 0 bridgehead atoms. The molecule has 51 heavy (non-hydrogen) atoms. The van der Waals surface area contributed by atoms with Gasteiger partial charge in [0.05, 0.1) is 52.2 Å². The van der Waals surface area contributed by atoms with Gasteiger partial charge in [-0.3, -0.25) is 19.0 Å². The van der Waals surface area contributed by atoms with Crippen molar-refractivity contribution in [2.24, 2.45) is 0 Å². The summed E-state index contributed by atoms with van der Waals surface area (Å²) in [6.45, 7) is 8.65. The molecule has 16 heteroatoms. The standard InChI is InChI=1S/C14H14N4S.C13H13N5S.C8H10N4S/c1-11-14(19-10-15-11)7-8-18-9-13(16-17-18)12-5-3-2-4-6-12;1-10-13(19-9-15-10)4-6-18-8-12(16-17-18)11-3-2-5-14-7-11;1-7-8(13-6-9-7)2-4-12-5-3-10-11-12/h2-6,9-10H,7-8H2,1H3;2-3,5,7-9H,4,6H2,1H3;3,5-6H,2,4H2,1H3. The van der Waals surface area contributed by atoms with E-state index in [0.717, 1.165) is 78.5 Å². The van der Waals surface area contributed by atoms with Gasteiger partial charge in [0.2, 0.25) is 0 Å². The molecular weight excluding hydrogens is 699 g/mol. The minimum absolute atomic E-state index is 0.816. The van der Waals surface area contributed by atoms with Crippen molar-refractivity contribution in [3.63, 3.8) is 0 Å². The number of hydrogen-bond donors (Lipinski definition) is 0. The SMILES string of the molecule is Cc1ncsc1CCn1cc(-c2ccccc2)nn1.Cc1ncsc1CCn1cc(-c2cccnc2)nn1.Cc1ncsc1CCn1ccnn1. The first-order valence-electron chi connectivity index (χ1n) is 16.3. The quantitative estimate of drug-likeness (QED) is 0.143. The van der Waals surface area contributed by atoms with Gasteiger partial charge in [0.1, 0.15) is 11.4 Å². The summed E-state index contributed by atoms with van der Waals surface area (Å²) in [5.41, 5.74) is 12.9. The fourth-order valence-corrected chi connectivity index (χ4v) is 7.21. The Bertz CT molecular complexity index is 2050. The minimum Gasteiger partial charge on any atom is -0.264 e. The van der Waals surface area contributed by atoms with Gasteiger partial charge in [-0.25, -0.2) is 15.0 Å². The first-order chi connectivity index (χ1) is 25.0. The van der Waals surface area contributed by atoms with Crippen LogP contribution in [0, 0.1) is 20.8 Å². The van der Waals surface area contributed by atoms with Crippen molar-refractivity contribution in [3.05, 3.63) is 128 Å². The van der Waals surface area contributed by atoms with Crippen LogP contribution < -0.4 is 0 Å². The van der Waals surface area contributed by atoms with Crippen molar-refractivity contribution in [2.75, 3.05) is 0 Å². The lowest BCUT2D eigenvalue weighted by Crippen LogP contribution is -2.01. The summed E-state index contributed by atoms with van der Waals surface area (Å²) < 4.78 is 5.59. The van der Waals surface area contributed by atoms with E-state index in [4.69, 9.17) is 0 Å². The molecule has 13 nitrogen and oxygen atoms in total. The number of thiazole rings is 3. The van der Waals surface area contributed by atoms with Crippen molar-refractivity contribution in [1.82, 2.24) is 64.9 Å². The van der Waals surface area contributed by atoms with E-state index in [1.165, 1.54) is 14.6 Å². The summed E-state index contributed by atoms with van der Waals surface area (Å²) in [6, 6.07) is 14.0. The number of pyridine rings is 1. The summed E-state index contributed by atoms with van der Waals surface area (Å²) >= 11 is 5.09. The number of hydrogen-bond acceptors (Lipinski definition) is 13. The average molecular weight is 736 g/mol. The van der Waals surface area contributed by atoms with Crippen molar-refractivity contribution >= 4 is 34.0 Å². The van der Waals surface area contributed by atoms with E-state index in [2.05, 4.69) is 50.9 Å². The van der Waals surface area contributed by atoms with Crippen LogP contribution in [0.15, 0.2) is 96.2 Å². The lowest BCUT2D eigenvalue weighted by molar-refractivity contribution is 0.591. The zero-order chi connectivity index (χ0) is 35.3. The lowest BCUT2D eigenvalue weighted by atomic mass is 10.2. The molecule has 7 aromatic heterocycles. The van der Waals surface area contributed by atoms with Crippen LogP contribution in [0.4, 0.5) is 0 Å². The predicted molar refractivity (Wildman–Crippen MR) is 200 cm³/mol. The fourth-order valence-electron chi connectivity index (χ4n) is 4.90. The molecule has 0 aliphatic heterocycles. The third kappa shape index (κ3) is 10.3. The van der Waals surface area contributed by atoms with Gasteiger partial charge in [-0.2, -0.15) is 0 Å². The molecule has 0 aliphatic carbocycles. The normalized spacial score (nSPS) is 10.7. The van der Waals surface area contributed by atoms with Gasteiger partial charge >= 0.3 is 0 Å². The summed E-state index contributed by atoms with van der Waals surface area (Å²) in [4.78, 5) is 20.7. The maximum atomic E-state index is 4.25. The Morgan fingerprint density at radius 1 is 0.549 bits per heavy atom. The van der Waals surface area contributed by atoms with Crippen molar-refractivity contribution in [3.8, 4) is 22.5 Å². The largest absolute Gasteiger partial charge is 0.264 e. The molecule has 0 atom stereocenters. The molecule has 0 amide bonds. The molecule has 0 N–H and O–H groups in total. The number of nitrogens with zero attached hydrogens (tertiary/aromatic N) is 13. The Labute approximate surface area is 307 Å². The predicted octanol–water partition coefficient (Wildman–Crippen LogP) is 6.59. The highest BCUT2D eigenvalue weighted by atomic mass is 32.1. The van der Waals surface area contributed by atoms with Crippen LogP contribution in [-0.2, 0) is 38.9 Å². The van der Waals surface area contributed by atoms with Gasteiger partial charge < -0.3 is 0 Å². The molecule has 0 fully saturated rings. The highest BCUT2D eigenvalue weighted by Gasteiger charge is 2.07. The van der Waals surface area contributed by atoms with Crippen LogP contribution in [0.5, 0.6) is 0 Å². The minimum atomic E-state index is 0.816. The van der Waals surface area contributed by atoms with E-state index < -0.39 is 0 Å². The fraction of sp³-hybridized carbons (Fsp3) is 0.257. The van der Waals surface area contributed by atoms with Crippen molar-refractivity contribution in [2.45, 2.75) is 59.7 Å². The van der Waals surface area contributed by atoms with Gasteiger partial charge in [-0.05, 0) is 32.9 Å². The third-order valence-corrected chi connectivity index (χ3v) is 10.8. The summed E-state index contributed by atoms with van der Waals surface area (Å²) in [6.07, 6.45) is 13.9. The first kappa shape index (κ1) is 35.5. The number of benzene rings is 1. The number of rotatable bonds is 11. The van der Waals surface area contributed by atoms with E-state index in [-0.39, 0.29) is 0 Å². The molecule has 0 aliphatic rings. The molecule has 0 unspecified atom stereocenters. The van der Waals surface area contributed by atoms with Crippen molar-refractivity contribution in [1.29, 1.82) is 0 Å². The Hall–Kier alpha value is -5.32. The molecular formula is C35H37N13S3. The Balaban J connectivity index is 0.000000134. The van der Waals surface area contributed by atoms with Crippen LogP contribution in [-0.4, -0.2) is 64.9 Å². The maximum absolute atomic E-state index is 4.25. The van der Waals surface area contributed by atoms with Crippen LogP contribution in [0.1, 0.15) is 31.7 Å². The average Bonchev–Trinajstić information content (AvgIpc) is 4.02. The third-order valence-electron chi connectivity index (χ3n) is 7.81. The van der Waals surface area contributed by atoms with Gasteiger partial charge in [0.15, 0.2) is 0 Å². The van der Waals surface area contributed by atoms with E-state index in [9.17, 15) is 0 Å². The van der Waals surface area contributed by atoms with Gasteiger partial charge in [0.25, 0.3) is 0 Å². The Morgan fingerprint density at radius 2 is 1.06 bits per heavy atom. The van der Waals surface area contributed by atoms with E-state index in [1.807, 2.05) is 112 Å². The highest BCUT2D eigenvalue weighted by molar-refractivity contribution is 7.10. The lowest BCUT2D eigenvalue weighted by Gasteiger charge is -1.98. The summed E-state index contributed by atoms with van der Waals surface area (Å²) in [7, 11) is 0. The van der Waals surface area contributed by atoms with Crippen LogP contribution in [0.3, 0.4) is 0 Å². The number of aryl methyl sites for hydroxylation is 9. The second-order valence-electron chi connectivity index (χ2n) is 11.3. The highest BCUT2D eigenvalue weighted by Crippen LogP contribution is 2.18. The topological polar surface area (TPSA) is 144 Å². The molecule has 260 valence electrons. The summed E-state index contributed by atoms with van der Waals surface area (Å²) in [5, 5.41) is 24.3. The number of aromatic nitrogens is 13. The molecule has 0 saturated heterocycles. The molecule has 0 radical (unpaired) electrons. The Morgan fingerprint density at radius 3 is 1.51 bits per heavy atom. The molecule has 8 rings (SSSR count). The summed E-state index contributed by atoms with van der Waals surface area (Å²) in [5.74, 6) is 0. The van der Waals surface area contributed by atoms with Crippen molar-refractivity contribution < 1.29 is 0 Å². The molecule has 0 saturated carbocycles. The molecule has 1 aromatic carbocycles. The second-order valence-corrected chi connectivity index (χ2v) is 14.2. The van der Waals surface area contributed by atoms with E-state index in [1.54, 1.807) is 52.6 Å². The monoisotopic (exact) mass is 735 g/mol. The van der Waals surface area contributed by atoms with Crippen LogP contribution in [0.25, 0.3) is 22.5 Å². The van der Waals surface area contributed by atoms with Gasteiger partial charge in [-0.15, -0.1) is 49.3 Å². The van der Waals surface area contributed by atoms with E-state index in [0.29, 0.717) is 0 Å². The van der Waals surface area contributed by atoms with Crippen LogP contribution >= 0.6 is 34.0 Å². The Kier molecular flexibility index (Phi) is 12.6. The first-order valence-corrected chi connectivity index (χ1v) is 18.9. The van der Waals surface area contributed by atoms with E-state index >= 15 is 0 Å². The zero-order valence-electron chi connectivity index (χ0n) is 28.5. The van der Waals surface area contributed by atoms with Gasteiger partial charge in [-0.1, -0.05) is 46.0 Å². The maximum Gasteiger partial charge on any atom is 0.114 e. The molecule has 0 spiro atoms. The molecule has 7 heterocycles. The van der Waals surface area contributed by atoms with Crippen LogP contribution in [0.2, 0.25) is 0 Å². The zero-order valence-corrected chi connectivity index (χ0v) is 31.0. The molecule has 8 aromatic rings. The smallest absolute Gasteiger partial charge is 0.114 e. The second kappa shape index (κ2) is 18.1.